The number of pyridine rings is 1. The number of aromatic nitrogens is 2. The number of nitrogens with one attached hydrogen (secondary N) is 2. The van der Waals surface area contributed by atoms with E-state index in [4.69, 9.17) is 4.52 Å². The molecule has 2 aromatic heterocycles. The molecule has 7 heteroatoms. The van der Waals surface area contributed by atoms with Gasteiger partial charge in [-0.1, -0.05) is 18.0 Å². The average Bonchev–Trinajstić information content (AvgIpc) is 3.16. The van der Waals surface area contributed by atoms with Crippen molar-refractivity contribution in [1.29, 1.82) is 0 Å². The van der Waals surface area contributed by atoms with E-state index in [9.17, 15) is 9.59 Å². The highest BCUT2D eigenvalue weighted by Gasteiger charge is 2.19. The third kappa shape index (κ3) is 3.55. The zero-order valence-electron chi connectivity index (χ0n) is 14.0. The van der Waals surface area contributed by atoms with E-state index in [1.54, 1.807) is 19.9 Å². The minimum absolute atomic E-state index is 0.0144. The summed E-state index contributed by atoms with van der Waals surface area (Å²) in [6.45, 7) is 3.86. The predicted molar refractivity (Wildman–Crippen MR) is 88.6 cm³/mol. The van der Waals surface area contributed by atoms with Gasteiger partial charge in [0.15, 0.2) is 0 Å². The van der Waals surface area contributed by atoms with E-state index < -0.39 is 0 Å². The van der Waals surface area contributed by atoms with Crippen LogP contribution in [-0.4, -0.2) is 34.5 Å². The molecule has 0 spiro atoms. The molecule has 0 bridgehead atoms. The van der Waals surface area contributed by atoms with E-state index in [-0.39, 0.29) is 18.2 Å². The van der Waals surface area contributed by atoms with Crippen LogP contribution in [0.5, 0.6) is 0 Å². The topological polar surface area (TPSA) is 97.1 Å². The largest absolute Gasteiger partial charge is 0.353 e. The average molecular weight is 330 g/mol. The molecule has 1 saturated carbocycles. The van der Waals surface area contributed by atoms with Gasteiger partial charge in [0, 0.05) is 24.7 Å². The molecule has 0 unspecified atom stereocenters. The lowest BCUT2D eigenvalue weighted by molar-refractivity contribution is -0.121. The van der Waals surface area contributed by atoms with Crippen LogP contribution in [0.1, 0.15) is 53.8 Å². The maximum atomic E-state index is 12.4. The van der Waals surface area contributed by atoms with Crippen LogP contribution in [-0.2, 0) is 4.79 Å². The Morgan fingerprint density at radius 2 is 2.04 bits per heavy atom. The summed E-state index contributed by atoms with van der Waals surface area (Å²) in [6.07, 6.45) is 4.74. The molecular formula is C17H22N4O3. The van der Waals surface area contributed by atoms with Gasteiger partial charge in [-0.15, -0.1) is 0 Å². The molecule has 0 saturated heterocycles. The first-order valence-electron chi connectivity index (χ1n) is 8.36. The lowest BCUT2D eigenvalue weighted by atomic mass is 10.1. The zero-order valence-corrected chi connectivity index (χ0v) is 14.0. The van der Waals surface area contributed by atoms with Crippen LogP contribution in [0.15, 0.2) is 10.6 Å². The highest BCUT2D eigenvalue weighted by atomic mass is 16.5. The van der Waals surface area contributed by atoms with E-state index in [0.29, 0.717) is 40.6 Å². The standard InChI is InChI=1S/C17H22N4O3/c1-10-9-13(15-11(2)21-24-17(15)19-10)16(23)18-8-7-14(22)20-12-5-3-4-6-12/h9,12H,3-8H2,1-2H3,(H,18,23)(H,20,22). The fourth-order valence-electron chi connectivity index (χ4n) is 3.15. The van der Waals surface area contributed by atoms with Gasteiger partial charge < -0.3 is 15.2 Å². The van der Waals surface area contributed by atoms with Crippen LogP contribution < -0.4 is 10.6 Å². The van der Waals surface area contributed by atoms with Crippen molar-refractivity contribution >= 4 is 22.9 Å². The summed E-state index contributed by atoms with van der Waals surface area (Å²) in [6, 6.07) is 2.01. The van der Waals surface area contributed by atoms with Crippen LogP contribution in [0.3, 0.4) is 0 Å². The minimum atomic E-state index is -0.245. The summed E-state index contributed by atoms with van der Waals surface area (Å²) in [5.41, 5.74) is 2.15. The van der Waals surface area contributed by atoms with Crippen molar-refractivity contribution in [2.24, 2.45) is 0 Å². The number of hydrogen-bond acceptors (Lipinski definition) is 5. The summed E-state index contributed by atoms with van der Waals surface area (Å²) in [4.78, 5) is 28.6. The molecule has 2 amide bonds. The Bertz CT molecular complexity index is 763. The number of hydrogen-bond donors (Lipinski definition) is 2. The first-order chi connectivity index (χ1) is 11.5. The van der Waals surface area contributed by atoms with E-state index in [0.717, 1.165) is 12.8 Å². The van der Waals surface area contributed by atoms with Crippen LogP contribution in [0.4, 0.5) is 0 Å². The molecular weight excluding hydrogens is 308 g/mol. The number of carbonyl (C=O) groups is 2. The lowest BCUT2D eigenvalue weighted by Crippen LogP contribution is -2.35. The molecule has 1 aliphatic rings. The van der Waals surface area contributed by atoms with Gasteiger partial charge in [-0.2, -0.15) is 0 Å². The second-order valence-electron chi connectivity index (χ2n) is 6.31. The molecule has 7 nitrogen and oxygen atoms in total. The van der Waals surface area contributed by atoms with Crippen LogP contribution in [0, 0.1) is 13.8 Å². The third-order valence-electron chi connectivity index (χ3n) is 4.35. The first kappa shape index (κ1) is 16.4. The number of rotatable bonds is 5. The second kappa shape index (κ2) is 6.98. The Morgan fingerprint density at radius 3 is 2.79 bits per heavy atom. The Balaban J connectivity index is 1.59. The summed E-state index contributed by atoms with van der Waals surface area (Å²) in [7, 11) is 0. The predicted octanol–water partition coefficient (Wildman–Crippen LogP) is 2.02. The third-order valence-corrected chi connectivity index (χ3v) is 4.35. The first-order valence-corrected chi connectivity index (χ1v) is 8.36. The molecule has 2 heterocycles. The summed E-state index contributed by atoms with van der Waals surface area (Å²) in [5.74, 6) is -0.259. The zero-order chi connectivity index (χ0) is 17.1. The Morgan fingerprint density at radius 1 is 1.29 bits per heavy atom. The number of fused-ring (bicyclic) bond motifs is 1. The summed E-state index contributed by atoms with van der Waals surface area (Å²) in [5, 5.41) is 10.3. The fraction of sp³-hybridized carbons (Fsp3) is 0.529. The Kier molecular flexibility index (Phi) is 4.78. The number of carbonyl (C=O) groups excluding carboxylic acids is 2. The highest BCUT2D eigenvalue weighted by molar-refractivity contribution is 6.06. The molecule has 0 atom stereocenters. The van der Waals surface area contributed by atoms with Crippen molar-refractivity contribution in [3.63, 3.8) is 0 Å². The van der Waals surface area contributed by atoms with E-state index in [1.165, 1.54) is 12.8 Å². The molecule has 3 rings (SSSR count). The van der Waals surface area contributed by atoms with Crippen molar-refractivity contribution in [1.82, 2.24) is 20.8 Å². The van der Waals surface area contributed by atoms with Crippen molar-refractivity contribution < 1.29 is 14.1 Å². The van der Waals surface area contributed by atoms with Gasteiger partial charge in [-0.05, 0) is 32.8 Å². The van der Waals surface area contributed by atoms with E-state index in [2.05, 4.69) is 20.8 Å². The fourth-order valence-corrected chi connectivity index (χ4v) is 3.15. The van der Waals surface area contributed by atoms with Gasteiger partial charge in [-0.3, -0.25) is 9.59 Å². The van der Waals surface area contributed by atoms with Crippen molar-refractivity contribution in [2.45, 2.75) is 52.0 Å². The van der Waals surface area contributed by atoms with Crippen molar-refractivity contribution in [3.8, 4) is 0 Å². The maximum Gasteiger partial charge on any atom is 0.258 e. The van der Waals surface area contributed by atoms with Gasteiger partial charge in [0.05, 0.1) is 16.6 Å². The molecule has 1 fully saturated rings. The molecule has 0 radical (unpaired) electrons. The number of amides is 2. The molecule has 24 heavy (non-hydrogen) atoms. The molecule has 0 aliphatic heterocycles. The van der Waals surface area contributed by atoms with Crippen LogP contribution in [0.2, 0.25) is 0 Å². The van der Waals surface area contributed by atoms with Gasteiger partial charge in [0.2, 0.25) is 5.91 Å². The monoisotopic (exact) mass is 330 g/mol. The number of aryl methyl sites for hydroxylation is 2. The van der Waals surface area contributed by atoms with E-state index in [1.807, 2.05) is 0 Å². The SMILES string of the molecule is Cc1cc(C(=O)NCCC(=O)NC2CCCC2)c2c(C)noc2n1. The molecule has 128 valence electrons. The summed E-state index contributed by atoms with van der Waals surface area (Å²) >= 11 is 0. The highest BCUT2D eigenvalue weighted by Crippen LogP contribution is 2.21. The molecule has 0 aromatic carbocycles. The van der Waals surface area contributed by atoms with Crippen molar-refractivity contribution in [2.75, 3.05) is 6.54 Å². The van der Waals surface area contributed by atoms with Gasteiger partial charge in [0.1, 0.15) is 0 Å². The van der Waals surface area contributed by atoms with E-state index >= 15 is 0 Å². The van der Waals surface area contributed by atoms with Crippen LogP contribution in [0.25, 0.3) is 11.1 Å². The smallest absolute Gasteiger partial charge is 0.258 e. The van der Waals surface area contributed by atoms with Crippen LogP contribution >= 0.6 is 0 Å². The van der Waals surface area contributed by atoms with Gasteiger partial charge in [-0.25, -0.2) is 4.98 Å². The normalized spacial score (nSPS) is 14.9. The number of nitrogens with zero attached hydrogens (tertiary/aromatic N) is 2. The van der Waals surface area contributed by atoms with Crippen molar-refractivity contribution in [3.05, 3.63) is 23.0 Å². The van der Waals surface area contributed by atoms with Gasteiger partial charge in [0.25, 0.3) is 11.6 Å². The Hall–Kier alpha value is -2.44. The minimum Gasteiger partial charge on any atom is -0.353 e. The van der Waals surface area contributed by atoms with Gasteiger partial charge >= 0.3 is 0 Å². The quantitative estimate of drug-likeness (QED) is 0.874. The molecule has 2 N–H and O–H groups in total. The molecule has 2 aromatic rings. The summed E-state index contributed by atoms with van der Waals surface area (Å²) < 4.78 is 5.13. The Labute approximate surface area is 140 Å². The maximum absolute atomic E-state index is 12.4. The lowest BCUT2D eigenvalue weighted by Gasteiger charge is -2.12. The second-order valence-corrected chi connectivity index (χ2v) is 6.31. The molecule has 1 aliphatic carbocycles.